The van der Waals surface area contributed by atoms with E-state index in [0.717, 1.165) is 12.8 Å². The van der Waals surface area contributed by atoms with Gasteiger partial charge in [-0.05, 0) is 12.8 Å². The van der Waals surface area contributed by atoms with E-state index in [4.69, 9.17) is 10.5 Å². The van der Waals surface area contributed by atoms with Crippen LogP contribution in [0.3, 0.4) is 0 Å². The number of carbonyl (C=O) groups excluding carboxylic acids is 1. The molecule has 1 amide bonds. The van der Waals surface area contributed by atoms with Crippen molar-refractivity contribution < 1.29 is 9.53 Å². The van der Waals surface area contributed by atoms with E-state index < -0.39 is 5.41 Å². The molecule has 3 nitrogen and oxygen atoms in total. The minimum atomic E-state index is -0.462. The average molecular weight is 187 g/mol. The zero-order chi connectivity index (χ0) is 10.5. The first-order valence-electron chi connectivity index (χ1n) is 4.76. The fourth-order valence-corrected chi connectivity index (χ4v) is 1.29. The second kappa shape index (κ2) is 5.22. The van der Waals surface area contributed by atoms with Crippen LogP contribution in [0.15, 0.2) is 0 Å². The number of carbonyl (C=O) groups is 1. The van der Waals surface area contributed by atoms with Gasteiger partial charge in [0.2, 0.25) is 5.91 Å². The van der Waals surface area contributed by atoms with Crippen LogP contribution in [-0.4, -0.2) is 19.1 Å². The van der Waals surface area contributed by atoms with E-state index >= 15 is 0 Å². The van der Waals surface area contributed by atoms with Gasteiger partial charge in [-0.3, -0.25) is 4.79 Å². The van der Waals surface area contributed by atoms with Gasteiger partial charge in [-0.2, -0.15) is 0 Å². The molecule has 3 heteroatoms. The Balaban J connectivity index is 4.13. The third-order valence-corrected chi connectivity index (χ3v) is 2.35. The van der Waals surface area contributed by atoms with Crippen molar-refractivity contribution in [3.8, 4) is 0 Å². The van der Waals surface area contributed by atoms with Crippen LogP contribution in [0.2, 0.25) is 0 Å². The average Bonchev–Trinajstić information content (AvgIpc) is 2.03. The summed E-state index contributed by atoms with van der Waals surface area (Å²) in [5, 5.41) is 0. The summed E-state index contributed by atoms with van der Waals surface area (Å²) < 4.78 is 5.27. The first-order valence-corrected chi connectivity index (χ1v) is 4.76. The molecule has 0 aliphatic rings. The molecule has 0 aromatic heterocycles. The van der Waals surface area contributed by atoms with Crippen LogP contribution in [0, 0.1) is 5.41 Å². The molecule has 0 radical (unpaired) electrons. The number of amides is 1. The number of primary amides is 1. The summed E-state index contributed by atoms with van der Waals surface area (Å²) in [4.78, 5) is 11.0. The Morgan fingerprint density at radius 1 is 1.54 bits per heavy atom. The number of hydrogen-bond donors (Lipinski definition) is 1. The molecule has 2 N–H and O–H groups in total. The molecule has 0 fully saturated rings. The molecular formula is C10H21NO2. The minimum Gasteiger partial charge on any atom is -0.381 e. The van der Waals surface area contributed by atoms with E-state index in [1.165, 1.54) is 0 Å². The number of methoxy groups -OCH3 is 1. The van der Waals surface area contributed by atoms with Crippen LogP contribution < -0.4 is 5.73 Å². The van der Waals surface area contributed by atoms with E-state index in [2.05, 4.69) is 6.92 Å². The standard InChI is InChI=1S/C10H21NO2/c1-5-6-8(13-4)7-10(2,3)9(11)12/h8H,5-7H2,1-4H3,(H2,11,12). The van der Waals surface area contributed by atoms with Crippen molar-refractivity contribution >= 4 is 5.91 Å². The van der Waals surface area contributed by atoms with Crippen LogP contribution >= 0.6 is 0 Å². The maximum atomic E-state index is 11.0. The predicted molar refractivity (Wildman–Crippen MR) is 53.3 cm³/mol. The molecule has 1 atom stereocenters. The Labute approximate surface area is 80.6 Å². The summed E-state index contributed by atoms with van der Waals surface area (Å²) in [5.41, 5.74) is 4.81. The summed E-state index contributed by atoms with van der Waals surface area (Å²) in [7, 11) is 1.68. The topological polar surface area (TPSA) is 52.3 Å². The fourth-order valence-electron chi connectivity index (χ4n) is 1.29. The van der Waals surface area contributed by atoms with Crippen LogP contribution in [0.5, 0.6) is 0 Å². The third kappa shape index (κ3) is 4.27. The lowest BCUT2D eigenvalue weighted by Gasteiger charge is -2.25. The largest absolute Gasteiger partial charge is 0.381 e. The Hall–Kier alpha value is -0.570. The zero-order valence-corrected chi connectivity index (χ0v) is 9.09. The highest BCUT2D eigenvalue weighted by Crippen LogP contribution is 2.24. The predicted octanol–water partition coefficient (Wildman–Crippen LogP) is 1.70. The van der Waals surface area contributed by atoms with Gasteiger partial charge in [0.05, 0.1) is 6.10 Å². The molecule has 13 heavy (non-hydrogen) atoms. The van der Waals surface area contributed by atoms with Crippen LogP contribution in [0.25, 0.3) is 0 Å². The quantitative estimate of drug-likeness (QED) is 0.688. The molecule has 1 unspecified atom stereocenters. The maximum absolute atomic E-state index is 11.0. The van der Waals surface area contributed by atoms with Crippen LogP contribution in [-0.2, 0) is 9.53 Å². The van der Waals surface area contributed by atoms with E-state index in [-0.39, 0.29) is 12.0 Å². The van der Waals surface area contributed by atoms with E-state index in [1.54, 1.807) is 7.11 Å². The summed E-state index contributed by atoms with van der Waals surface area (Å²) in [6.45, 7) is 5.82. The van der Waals surface area contributed by atoms with Crippen molar-refractivity contribution in [2.75, 3.05) is 7.11 Å². The van der Waals surface area contributed by atoms with Gasteiger partial charge in [-0.1, -0.05) is 27.2 Å². The minimum absolute atomic E-state index is 0.146. The second-order valence-electron chi connectivity index (χ2n) is 4.10. The maximum Gasteiger partial charge on any atom is 0.223 e. The Morgan fingerprint density at radius 3 is 2.38 bits per heavy atom. The number of nitrogens with two attached hydrogens (primary N) is 1. The highest BCUT2D eigenvalue weighted by atomic mass is 16.5. The normalized spacial score (nSPS) is 14.2. The van der Waals surface area contributed by atoms with Crippen molar-refractivity contribution in [3.63, 3.8) is 0 Å². The van der Waals surface area contributed by atoms with Crippen molar-refractivity contribution in [1.29, 1.82) is 0 Å². The molecule has 0 saturated heterocycles. The second-order valence-corrected chi connectivity index (χ2v) is 4.10. The Bertz CT molecular complexity index is 166. The van der Waals surface area contributed by atoms with Gasteiger partial charge in [0, 0.05) is 12.5 Å². The van der Waals surface area contributed by atoms with E-state index in [1.807, 2.05) is 13.8 Å². The zero-order valence-electron chi connectivity index (χ0n) is 9.09. The molecule has 0 aliphatic carbocycles. The van der Waals surface area contributed by atoms with Gasteiger partial charge in [-0.25, -0.2) is 0 Å². The highest BCUT2D eigenvalue weighted by molar-refractivity contribution is 5.79. The summed E-state index contributed by atoms with van der Waals surface area (Å²) in [5.74, 6) is -0.259. The van der Waals surface area contributed by atoms with Crippen LogP contribution in [0.1, 0.15) is 40.0 Å². The molecule has 0 heterocycles. The molecule has 0 aromatic carbocycles. The lowest BCUT2D eigenvalue weighted by molar-refractivity contribution is -0.127. The molecule has 78 valence electrons. The van der Waals surface area contributed by atoms with Gasteiger partial charge in [-0.15, -0.1) is 0 Å². The molecule has 0 aliphatic heterocycles. The molecular weight excluding hydrogens is 166 g/mol. The Kier molecular flexibility index (Phi) is 4.99. The van der Waals surface area contributed by atoms with Crippen molar-refractivity contribution in [2.24, 2.45) is 11.1 Å². The molecule has 0 spiro atoms. The van der Waals surface area contributed by atoms with E-state index in [9.17, 15) is 4.79 Å². The lowest BCUT2D eigenvalue weighted by Crippen LogP contribution is -2.35. The molecule has 0 saturated carbocycles. The van der Waals surface area contributed by atoms with E-state index in [0.29, 0.717) is 6.42 Å². The summed E-state index contributed by atoms with van der Waals surface area (Å²) in [6.07, 6.45) is 2.89. The highest BCUT2D eigenvalue weighted by Gasteiger charge is 2.28. The van der Waals surface area contributed by atoms with Gasteiger partial charge in [0.1, 0.15) is 0 Å². The summed E-state index contributed by atoms with van der Waals surface area (Å²) in [6, 6.07) is 0. The van der Waals surface area contributed by atoms with Gasteiger partial charge < -0.3 is 10.5 Å². The number of rotatable bonds is 6. The van der Waals surface area contributed by atoms with Gasteiger partial charge in [0.15, 0.2) is 0 Å². The monoisotopic (exact) mass is 187 g/mol. The lowest BCUT2D eigenvalue weighted by atomic mass is 9.85. The van der Waals surface area contributed by atoms with Crippen molar-refractivity contribution in [2.45, 2.75) is 46.1 Å². The van der Waals surface area contributed by atoms with Crippen LogP contribution in [0.4, 0.5) is 0 Å². The molecule has 0 rings (SSSR count). The van der Waals surface area contributed by atoms with Gasteiger partial charge >= 0.3 is 0 Å². The van der Waals surface area contributed by atoms with Gasteiger partial charge in [0.25, 0.3) is 0 Å². The Morgan fingerprint density at radius 2 is 2.08 bits per heavy atom. The molecule has 0 aromatic rings. The summed E-state index contributed by atoms with van der Waals surface area (Å²) >= 11 is 0. The van der Waals surface area contributed by atoms with Crippen molar-refractivity contribution in [1.82, 2.24) is 0 Å². The third-order valence-electron chi connectivity index (χ3n) is 2.35. The number of ether oxygens (including phenoxy) is 1. The SMILES string of the molecule is CCCC(CC(C)(C)C(N)=O)OC. The fraction of sp³-hybridized carbons (Fsp3) is 0.900. The first kappa shape index (κ1) is 12.4. The smallest absolute Gasteiger partial charge is 0.223 e. The van der Waals surface area contributed by atoms with Crippen molar-refractivity contribution in [3.05, 3.63) is 0 Å². The molecule has 0 bridgehead atoms. The number of hydrogen-bond acceptors (Lipinski definition) is 2. The first-order chi connectivity index (χ1) is 5.94.